The summed E-state index contributed by atoms with van der Waals surface area (Å²) in [5, 5.41) is 18.2. The van der Waals surface area contributed by atoms with Gasteiger partial charge in [-0.2, -0.15) is 0 Å². The van der Waals surface area contributed by atoms with Gasteiger partial charge in [0.2, 0.25) is 0 Å². The van der Waals surface area contributed by atoms with Crippen LogP contribution < -0.4 is 16.0 Å². The van der Waals surface area contributed by atoms with Crippen molar-refractivity contribution < 1.29 is 14.7 Å². The first-order valence-corrected chi connectivity index (χ1v) is 11.0. The first-order chi connectivity index (χ1) is 15.5. The fourth-order valence-corrected chi connectivity index (χ4v) is 4.41. The highest BCUT2D eigenvalue weighted by Crippen LogP contribution is 2.23. The molecule has 2 amide bonds. The smallest absolute Gasteiger partial charge is 0.326 e. The minimum absolute atomic E-state index is 0.336. The SMILES string of the molecule is O=C(Nc1cccc(NC(Cc2ccccc2)C(=O)O)c1)Nc1ccc2[nH]c(=S)sc2c1. The third kappa shape index (κ3) is 5.51. The van der Waals surface area contributed by atoms with Gasteiger partial charge in [-0.15, -0.1) is 11.3 Å². The number of carboxylic acids is 1. The quantitative estimate of drug-likeness (QED) is 0.225. The van der Waals surface area contributed by atoms with Gasteiger partial charge in [-0.05, 0) is 54.2 Å². The molecule has 0 aliphatic heterocycles. The standard InChI is InChI=1S/C23H20N4O3S2/c28-21(29)19(11-14-5-2-1-3-6-14)24-15-7-4-8-16(12-15)25-22(30)26-17-9-10-18-20(13-17)32-23(31)27-18/h1-10,12-13,19,24H,11H2,(H,27,31)(H,28,29)(H2,25,26,30). The molecular weight excluding hydrogens is 444 g/mol. The van der Waals surface area contributed by atoms with Crippen molar-refractivity contribution in [3.8, 4) is 0 Å². The van der Waals surface area contributed by atoms with Gasteiger partial charge in [0, 0.05) is 23.5 Å². The molecule has 1 aromatic heterocycles. The van der Waals surface area contributed by atoms with Crippen LogP contribution >= 0.6 is 23.6 Å². The summed E-state index contributed by atoms with van der Waals surface area (Å²) >= 11 is 6.58. The maximum atomic E-state index is 12.4. The number of nitrogens with one attached hydrogen (secondary N) is 4. The van der Waals surface area contributed by atoms with Gasteiger partial charge in [-0.25, -0.2) is 9.59 Å². The molecule has 1 heterocycles. The summed E-state index contributed by atoms with van der Waals surface area (Å²) in [5.41, 5.74) is 3.62. The highest BCUT2D eigenvalue weighted by atomic mass is 32.1. The molecule has 0 aliphatic rings. The highest BCUT2D eigenvalue weighted by molar-refractivity contribution is 7.73. The minimum atomic E-state index is -0.951. The molecule has 9 heteroatoms. The van der Waals surface area contributed by atoms with Gasteiger partial charge >= 0.3 is 12.0 Å². The van der Waals surface area contributed by atoms with Crippen molar-refractivity contribution in [2.24, 2.45) is 0 Å². The van der Waals surface area contributed by atoms with E-state index in [1.165, 1.54) is 11.3 Å². The van der Waals surface area contributed by atoms with E-state index in [9.17, 15) is 14.7 Å². The number of carbonyl (C=O) groups excluding carboxylic acids is 1. The lowest BCUT2D eigenvalue weighted by atomic mass is 10.1. The molecule has 162 valence electrons. The lowest BCUT2D eigenvalue weighted by Crippen LogP contribution is -2.31. The Hall–Kier alpha value is -3.69. The van der Waals surface area contributed by atoms with Crippen molar-refractivity contribution in [1.82, 2.24) is 4.98 Å². The molecule has 0 spiro atoms. The Kier molecular flexibility index (Phi) is 6.48. The molecule has 5 N–H and O–H groups in total. The van der Waals surface area contributed by atoms with Crippen molar-refractivity contribution >= 4 is 62.8 Å². The number of hydrogen-bond acceptors (Lipinski definition) is 5. The van der Waals surface area contributed by atoms with Crippen LogP contribution in [0.5, 0.6) is 0 Å². The van der Waals surface area contributed by atoms with E-state index in [-0.39, 0.29) is 0 Å². The van der Waals surface area contributed by atoms with E-state index in [0.29, 0.717) is 27.4 Å². The zero-order valence-corrected chi connectivity index (χ0v) is 18.4. The predicted octanol–water partition coefficient (Wildman–Crippen LogP) is 5.71. The fourth-order valence-electron chi connectivity index (χ4n) is 3.25. The number of rotatable bonds is 7. The van der Waals surface area contributed by atoms with E-state index in [1.54, 1.807) is 30.3 Å². The summed E-state index contributed by atoms with van der Waals surface area (Å²) in [6.07, 6.45) is 0.336. The Morgan fingerprint density at radius 1 is 0.938 bits per heavy atom. The van der Waals surface area contributed by atoms with Gasteiger partial charge in [0.1, 0.15) is 6.04 Å². The monoisotopic (exact) mass is 464 g/mol. The minimum Gasteiger partial charge on any atom is -0.480 e. The van der Waals surface area contributed by atoms with Crippen LogP contribution in [-0.2, 0) is 11.2 Å². The summed E-state index contributed by atoms with van der Waals surface area (Å²) < 4.78 is 1.63. The number of thiazole rings is 1. The molecule has 32 heavy (non-hydrogen) atoms. The molecular formula is C23H20N4O3S2. The molecule has 0 fully saturated rings. The molecule has 4 aromatic rings. The summed E-state index contributed by atoms with van der Waals surface area (Å²) in [5.74, 6) is -0.951. The first kappa shape index (κ1) is 21.5. The Morgan fingerprint density at radius 2 is 1.66 bits per heavy atom. The number of amides is 2. The van der Waals surface area contributed by atoms with E-state index in [4.69, 9.17) is 12.2 Å². The summed E-state index contributed by atoms with van der Waals surface area (Å²) in [7, 11) is 0. The molecule has 0 saturated heterocycles. The fraction of sp³-hybridized carbons (Fsp3) is 0.0870. The topological polar surface area (TPSA) is 106 Å². The molecule has 0 saturated carbocycles. The summed E-state index contributed by atoms with van der Waals surface area (Å²) in [4.78, 5) is 27.2. The maximum Gasteiger partial charge on any atom is 0.326 e. The van der Waals surface area contributed by atoms with E-state index in [2.05, 4.69) is 20.9 Å². The number of benzene rings is 3. The Balaban J connectivity index is 1.41. The van der Waals surface area contributed by atoms with Gasteiger partial charge in [-0.1, -0.05) is 36.4 Å². The summed E-state index contributed by atoms with van der Waals surface area (Å²) in [6.45, 7) is 0. The number of carbonyl (C=O) groups is 2. The van der Waals surface area contributed by atoms with Crippen molar-refractivity contribution in [1.29, 1.82) is 0 Å². The van der Waals surface area contributed by atoms with Crippen LogP contribution in [0.1, 0.15) is 5.56 Å². The lowest BCUT2D eigenvalue weighted by Gasteiger charge is -2.17. The van der Waals surface area contributed by atoms with Gasteiger partial charge in [0.25, 0.3) is 0 Å². The average Bonchev–Trinajstić information content (AvgIpc) is 3.13. The van der Waals surface area contributed by atoms with E-state index >= 15 is 0 Å². The molecule has 0 bridgehead atoms. The van der Waals surface area contributed by atoms with Crippen LogP contribution in [0.2, 0.25) is 0 Å². The third-order valence-electron chi connectivity index (χ3n) is 4.72. The Labute approximate surface area is 193 Å². The van der Waals surface area contributed by atoms with Gasteiger partial charge in [-0.3, -0.25) is 0 Å². The van der Waals surface area contributed by atoms with E-state index < -0.39 is 18.0 Å². The number of urea groups is 1. The van der Waals surface area contributed by atoms with E-state index in [1.807, 2.05) is 42.5 Å². The number of carboxylic acid groups (broad SMARTS) is 1. The van der Waals surface area contributed by atoms with Crippen LogP contribution in [0, 0.1) is 3.95 Å². The highest BCUT2D eigenvalue weighted by Gasteiger charge is 2.18. The van der Waals surface area contributed by atoms with Crippen LogP contribution in [0.15, 0.2) is 72.8 Å². The zero-order valence-electron chi connectivity index (χ0n) is 16.8. The number of aliphatic carboxylic acids is 1. The number of aromatic nitrogens is 1. The van der Waals surface area contributed by atoms with Crippen LogP contribution in [0.4, 0.5) is 21.9 Å². The second kappa shape index (κ2) is 9.63. The van der Waals surface area contributed by atoms with Crippen LogP contribution in [0.3, 0.4) is 0 Å². The molecule has 0 radical (unpaired) electrons. The normalized spacial score (nSPS) is 11.6. The molecule has 7 nitrogen and oxygen atoms in total. The van der Waals surface area contributed by atoms with E-state index in [0.717, 1.165) is 15.8 Å². The number of anilines is 3. The first-order valence-electron chi connectivity index (χ1n) is 9.80. The van der Waals surface area contributed by atoms with Crippen molar-refractivity contribution in [2.75, 3.05) is 16.0 Å². The average molecular weight is 465 g/mol. The van der Waals surface area contributed by atoms with Crippen molar-refractivity contribution in [3.05, 3.63) is 82.3 Å². The van der Waals surface area contributed by atoms with Gasteiger partial charge in [0.15, 0.2) is 3.95 Å². The van der Waals surface area contributed by atoms with Crippen molar-refractivity contribution in [3.63, 3.8) is 0 Å². The molecule has 1 atom stereocenters. The number of hydrogen-bond donors (Lipinski definition) is 5. The maximum absolute atomic E-state index is 12.4. The van der Waals surface area contributed by atoms with Gasteiger partial charge < -0.3 is 26.0 Å². The van der Waals surface area contributed by atoms with Crippen LogP contribution in [-0.4, -0.2) is 28.1 Å². The lowest BCUT2D eigenvalue weighted by molar-refractivity contribution is -0.137. The van der Waals surface area contributed by atoms with Gasteiger partial charge in [0.05, 0.1) is 10.2 Å². The molecule has 1 unspecified atom stereocenters. The number of fused-ring (bicyclic) bond motifs is 1. The largest absolute Gasteiger partial charge is 0.480 e. The Morgan fingerprint density at radius 3 is 2.41 bits per heavy atom. The van der Waals surface area contributed by atoms with Crippen molar-refractivity contribution in [2.45, 2.75) is 12.5 Å². The predicted molar refractivity (Wildman–Crippen MR) is 131 cm³/mol. The number of H-pyrrole nitrogens is 1. The molecule has 3 aromatic carbocycles. The third-order valence-corrected chi connectivity index (χ3v) is 5.92. The molecule has 4 rings (SSSR count). The second-order valence-electron chi connectivity index (χ2n) is 7.11. The second-order valence-corrected chi connectivity index (χ2v) is 8.83. The van der Waals surface area contributed by atoms with Crippen LogP contribution in [0.25, 0.3) is 10.2 Å². The number of aromatic amines is 1. The summed E-state index contributed by atoms with van der Waals surface area (Å²) in [6, 6.07) is 20.7. The zero-order chi connectivity index (χ0) is 22.5. The molecule has 0 aliphatic carbocycles. The Bertz CT molecular complexity index is 1320.